The summed E-state index contributed by atoms with van der Waals surface area (Å²) in [5.74, 6) is -0.742. The first-order chi connectivity index (χ1) is 8.99. The second-order valence-corrected chi connectivity index (χ2v) is 3.76. The van der Waals surface area contributed by atoms with Gasteiger partial charge in [0.25, 0.3) is 0 Å². The molecule has 1 aromatic carbocycles. The molecule has 104 valence electrons. The Labute approximate surface area is 110 Å². The van der Waals surface area contributed by atoms with Gasteiger partial charge in [-0.25, -0.2) is 9.59 Å². The highest BCUT2D eigenvalue weighted by atomic mass is 16.5. The van der Waals surface area contributed by atoms with Crippen LogP contribution in [0.1, 0.15) is 11.7 Å². The number of amides is 2. The quantitative estimate of drug-likeness (QED) is 0.606. The number of nitrogens with one attached hydrogen (secondary N) is 2. The summed E-state index contributed by atoms with van der Waals surface area (Å²) in [5.41, 5.74) is 0.365. The fourth-order valence-electron chi connectivity index (χ4n) is 1.48. The van der Waals surface area contributed by atoms with Gasteiger partial charge in [-0.15, -0.1) is 0 Å². The van der Waals surface area contributed by atoms with E-state index >= 15 is 0 Å². The van der Waals surface area contributed by atoms with Gasteiger partial charge in [0.15, 0.2) is 6.04 Å². The predicted octanol–water partition coefficient (Wildman–Crippen LogP) is 0.111. The van der Waals surface area contributed by atoms with E-state index in [-0.39, 0.29) is 0 Å². The van der Waals surface area contributed by atoms with Crippen molar-refractivity contribution in [3.8, 4) is 5.75 Å². The van der Waals surface area contributed by atoms with Crippen LogP contribution in [0.15, 0.2) is 24.3 Å². The molecule has 0 aliphatic rings. The molecule has 2 unspecified atom stereocenters. The molecule has 0 aromatic heterocycles. The number of rotatable bonds is 5. The third-order valence-electron chi connectivity index (χ3n) is 2.55. The molecule has 2 amide bonds. The standard InChI is InChI=1S/C12H16N2O5/c1-13-12(18)14-9(11(16)17)10(15)7-3-5-8(19-2)6-4-7/h3-6,9-10,15H,1-2H3,(H,16,17)(H2,13,14,18). The fourth-order valence-corrected chi connectivity index (χ4v) is 1.48. The van der Waals surface area contributed by atoms with Crippen molar-refractivity contribution in [2.24, 2.45) is 0 Å². The van der Waals surface area contributed by atoms with E-state index in [9.17, 15) is 14.7 Å². The zero-order valence-electron chi connectivity index (χ0n) is 10.6. The topological polar surface area (TPSA) is 108 Å². The second kappa shape index (κ2) is 6.60. The summed E-state index contributed by atoms with van der Waals surface area (Å²) in [6.45, 7) is 0. The molecule has 0 aliphatic carbocycles. The normalized spacial score (nSPS) is 13.2. The molecule has 1 aromatic rings. The third kappa shape index (κ3) is 3.85. The molecule has 19 heavy (non-hydrogen) atoms. The molecule has 2 atom stereocenters. The van der Waals surface area contributed by atoms with Gasteiger partial charge in [0.2, 0.25) is 0 Å². The predicted molar refractivity (Wildman–Crippen MR) is 67.0 cm³/mol. The molecular weight excluding hydrogens is 252 g/mol. The van der Waals surface area contributed by atoms with Gasteiger partial charge in [-0.3, -0.25) is 0 Å². The maximum atomic E-state index is 11.1. The number of aliphatic hydroxyl groups is 1. The minimum atomic E-state index is -1.44. The minimum Gasteiger partial charge on any atom is -0.497 e. The van der Waals surface area contributed by atoms with Crippen LogP contribution in [-0.2, 0) is 4.79 Å². The fraction of sp³-hybridized carbons (Fsp3) is 0.333. The highest BCUT2D eigenvalue weighted by Crippen LogP contribution is 2.20. The van der Waals surface area contributed by atoms with Crippen LogP contribution in [0.25, 0.3) is 0 Å². The van der Waals surface area contributed by atoms with E-state index in [1.54, 1.807) is 12.1 Å². The summed E-state index contributed by atoms with van der Waals surface area (Å²) in [7, 11) is 2.85. The van der Waals surface area contributed by atoms with E-state index in [0.29, 0.717) is 11.3 Å². The van der Waals surface area contributed by atoms with E-state index in [1.165, 1.54) is 26.3 Å². The first-order valence-electron chi connectivity index (χ1n) is 5.52. The van der Waals surface area contributed by atoms with Gasteiger partial charge < -0.3 is 25.6 Å². The van der Waals surface area contributed by atoms with Crippen molar-refractivity contribution in [3.05, 3.63) is 29.8 Å². The van der Waals surface area contributed by atoms with Gasteiger partial charge >= 0.3 is 12.0 Å². The Bertz CT molecular complexity index is 446. The van der Waals surface area contributed by atoms with Gasteiger partial charge in [-0.05, 0) is 17.7 Å². The number of hydrogen-bond acceptors (Lipinski definition) is 4. The lowest BCUT2D eigenvalue weighted by Gasteiger charge is -2.20. The summed E-state index contributed by atoms with van der Waals surface area (Å²) >= 11 is 0. The van der Waals surface area contributed by atoms with Crippen molar-refractivity contribution in [1.29, 1.82) is 0 Å². The van der Waals surface area contributed by atoms with Crippen LogP contribution in [0, 0.1) is 0 Å². The summed E-state index contributed by atoms with van der Waals surface area (Å²) in [5, 5.41) is 23.4. The third-order valence-corrected chi connectivity index (χ3v) is 2.55. The molecule has 0 aliphatic heterocycles. The molecule has 0 saturated carbocycles. The van der Waals surface area contributed by atoms with Gasteiger partial charge in [0, 0.05) is 7.05 Å². The lowest BCUT2D eigenvalue weighted by Crippen LogP contribution is -2.48. The number of carboxylic acids is 1. The number of carboxylic acid groups (broad SMARTS) is 1. The summed E-state index contributed by atoms with van der Waals surface area (Å²) in [6.07, 6.45) is -1.36. The van der Waals surface area contributed by atoms with Gasteiger partial charge in [-0.2, -0.15) is 0 Å². The van der Waals surface area contributed by atoms with E-state index in [4.69, 9.17) is 9.84 Å². The number of aliphatic carboxylic acids is 1. The molecule has 0 heterocycles. The molecule has 0 spiro atoms. The Balaban J connectivity index is 2.88. The first-order valence-corrected chi connectivity index (χ1v) is 5.52. The van der Waals surface area contributed by atoms with Crippen LogP contribution in [0.4, 0.5) is 4.79 Å². The number of aliphatic hydroxyl groups excluding tert-OH is 1. The zero-order chi connectivity index (χ0) is 14.4. The number of methoxy groups -OCH3 is 1. The highest BCUT2D eigenvalue weighted by molar-refractivity contribution is 5.83. The van der Waals surface area contributed by atoms with Crippen LogP contribution in [0.5, 0.6) is 5.75 Å². The van der Waals surface area contributed by atoms with E-state index in [0.717, 1.165) is 0 Å². The van der Waals surface area contributed by atoms with Crippen molar-refractivity contribution >= 4 is 12.0 Å². The second-order valence-electron chi connectivity index (χ2n) is 3.76. The summed E-state index contributed by atoms with van der Waals surface area (Å²) < 4.78 is 4.96. The average molecular weight is 268 g/mol. The maximum Gasteiger partial charge on any atom is 0.329 e. The molecule has 4 N–H and O–H groups in total. The van der Waals surface area contributed by atoms with Crippen molar-refractivity contribution in [1.82, 2.24) is 10.6 Å². The summed E-state index contributed by atoms with van der Waals surface area (Å²) in [4.78, 5) is 22.2. The van der Waals surface area contributed by atoms with Gasteiger partial charge in [0.1, 0.15) is 11.9 Å². The smallest absolute Gasteiger partial charge is 0.329 e. The number of ether oxygens (including phenoxy) is 1. The molecule has 7 heteroatoms. The zero-order valence-corrected chi connectivity index (χ0v) is 10.6. The Hall–Kier alpha value is -2.28. The Morgan fingerprint density at radius 3 is 2.26 bits per heavy atom. The Morgan fingerprint density at radius 1 is 1.26 bits per heavy atom. The molecule has 0 saturated heterocycles. The minimum absolute atomic E-state index is 0.365. The largest absolute Gasteiger partial charge is 0.497 e. The molecular formula is C12H16N2O5. The molecule has 7 nitrogen and oxygen atoms in total. The van der Waals surface area contributed by atoms with E-state index in [2.05, 4.69) is 10.6 Å². The molecule has 0 radical (unpaired) electrons. The first kappa shape index (κ1) is 14.8. The van der Waals surface area contributed by atoms with Crippen LogP contribution >= 0.6 is 0 Å². The lowest BCUT2D eigenvalue weighted by atomic mass is 10.0. The van der Waals surface area contributed by atoms with Crippen LogP contribution in [-0.4, -0.2) is 42.4 Å². The summed E-state index contributed by atoms with van der Waals surface area (Å²) in [6, 6.07) is 4.14. The van der Waals surface area contributed by atoms with Crippen LogP contribution in [0.3, 0.4) is 0 Å². The van der Waals surface area contributed by atoms with Crippen LogP contribution in [0.2, 0.25) is 0 Å². The average Bonchev–Trinajstić information content (AvgIpc) is 2.43. The monoisotopic (exact) mass is 268 g/mol. The van der Waals surface area contributed by atoms with Crippen LogP contribution < -0.4 is 15.4 Å². The van der Waals surface area contributed by atoms with Crippen molar-refractivity contribution in [2.75, 3.05) is 14.2 Å². The van der Waals surface area contributed by atoms with Crippen molar-refractivity contribution in [2.45, 2.75) is 12.1 Å². The number of carbonyl (C=O) groups excluding carboxylic acids is 1. The number of carbonyl (C=O) groups is 2. The van der Waals surface area contributed by atoms with E-state index < -0.39 is 24.1 Å². The van der Waals surface area contributed by atoms with Crippen molar-refractivity contribution < 1.29 is 24.5 Å². The van der Waals surface area contributed by atoms with Gasteiger partial charge in [0.05, 0.1) is 7.11 Å². The maximum absolute atomic E-state index is 11.1. The highest BCUT2D eigenvalue weighted by Gasteiger charge is 2.29. The van der Waals surface area contributed by atoms with E-state index in [1.807, 2.05) is 0 Å². The Morgan fingerprint density at radius 2 is 1.84 bits per heavy atom. The SMILES string of the molecule is CNC(=O)NC(C(=O)O)C(O)c1ccc(OC)cc1. The van der Waals surface area contributed by atoms with Gasteiger partial charge in [-0.1, -0.05) is 12.1 Å². The Kier molecular flexibility index (Phi) is 5.13. The molecule has 1 rings (SSSR count). The number of benzene rings is 1. The number of urea groups is 1. The lowest BCUT2D eigenvalue weighted by molar-refractivity contribution is -0.142. The molecule has 0 fully saturated rings. The molecule has 0 bridgehead atoms. The van der Waals surface area contributed by atoms with Crippen molar-refractivity contribution in [3.63, 3.8) is 0 Å². The number of hydrogen-bond donors (Lipinski definition) is 4.